The Labute approximate surface area is 120 Å². The van der Waals surface area contributed by atoms with Gasteiger partial charge in [-0.3, -0.25) is 14.5 Å². The highest BCUT2D eigenvalue weighted by Gasteiger charge is 2.17. The summed E-state index contributed by atoms with van der Waals surface area (Å²) in [4.78, 5) is 22.9. The van der Waals surface area contributed by atoms with E-state index in [9.17, 15) is 9.59 Å². The average molecular weight is 304 g/mol. The molecule has 0 aliphatic carbocycles. The minimum atomic E-state index is -0.886. The van der Waals surface area contributed by atoms with Crippen LogP contribution in [-0.4, -0.2) is 47.2 Å². The van der Waals surface area contributed by atoms with Crippen molar-refractivity contribution >= 4 is 36.8 Å². The van der Waals surface area contributed by atoms with E-state index in [0.717, 1.165) is 12.8 Å². The van der Waals surface area contributed by atoms with E-state index < -0.39 is 11.9 Å². The molecule has 0 aromatic rings. The molecule has 0 amide bonds. The van der Waals surface area contributed by atoms with Gasteiger partial charge in [0, 0.05) is 0 Å². The van der Waals surface area contributed by atoms with E-state index >= 15 is 0 Å². The molecule has 110 valence electrons. The second-order valence-electron chi connectivity index (χ2n) is 4.10. The third-order valence-electron chi connectivity index (χ3n) is 2.52. The van der Waals surface area contributed by atoms with Crippen molar-refractivity contribution in [1.29, 1.82) is 0 Å². The highest BCUT2D eigenvalue weighted by atomic mass is 35.5. The van der Waals surface area contributed by atoms with Crippen LogP contribution in [0.4, 0.5) is 0 Å². The zero-order valence-corrected chi connectivity index (χ0v) is 12.4. The summed E-state index contributed by atoms with van der Waals surface area (Å²) in [7, 11) is 1.69. The Hall–Kier alpha value is -0.520. The standard InChI is InChI=1S/C11H21NO4.2ClH/c1-3-4-5-9(11(15)16)6-7-12(2)8-10(13)14;;/h9H,3-8H2,1-2H3,(H,13,14)(H,15,16);2*1H. The molecule has 0 heterocycles. The fourth-order valence-corrected chi connectivity index (χ4v) is 1.53. The number of halogens is 2. The van der Waals surface area contributed by atoms with Crippen LogP contribution in [0.3, 0.4) is 0 Å². The lowest BCUT2D eigenvalue weighted by atomic mass is 9.98. The van der Waals surface area contributed by atoms with Gasteiger partial charge in [-0.25, -0.2) is 0 Å². The molecule has 0 saturated heterocycles. The molecule has 0 saturated carbocycles. The average Bonchev–Trinajstić information content (AvgIpc) is 2.16. The van der Waals surface area contributed by atoms with Gasteiger partial charge in [0.15, 0.2) is 0 Å². The molecule has 1 atom stereocenters. The van der Waals surface area contributed by atoms with Gasteiger partial charge < -0.3 is 10.2 Å². The van der Waals surface area contributed by atoms with Crippen molar-refractivity contribution in [2.45, 2.75) is 32.6 Å². The molecule has 0 radical (unpaired) electrons. The number of likely N-dealkylation sites (N-methyl/N-ethyl adjacent to an activating group) is 1. The van der Waals surface area contributed by atoms with Crippen LogP contribution >= 0.6 is 24.8 Å². The Kier molecular flexibility index (Phi) is 16.3. The minimum Gasteiger partial charge on any atom is -0.481 e. The van der Waals surface area contributed by atoms with Gasteiger partial charge in [-0.15, -0.1) is 24.8 Å². The van der Waals surface area contributed by atoms with Gasteiger partial charge in [0.25, 0.3) is 0 Å². The van der Waals surface area contributed by atoms with Crippen molar-refractivity contribution in [1.82, 2.24) is 4.90 Å². The molecule has 0 aliphatic rings. The maximum atomic E-state index is 10.9. The molecule has 18 heavy (non-hydrogen) atoms. The van der Waals surface area contributed by atoms with Gasteiger partial charge in [0.1, 0.15) is 0 Å². The van der Waals surface area contributed by atoms with Crippen molar-refractivity contribution in [3.63, 3.8) is 0 Å². The molecule has 0 fully saturated rings. The predicted molar refractivity (Wildman–Crippen MR) is 74.9 cm³/mol. The highest BCUT2D eigenvalue weighted by molar-refractivity contribution is 5.85. The van der Waals surface area contributed by atoms with Crippen molar-refractivity contribution in [2.24, 2.45) is 5.92 Å². The maximum Gasteiger partial charge on any atom is 0.317 e. The van der Waals surface area contributed by atoms with Crippen LogP contribution in [0, 0.1) is 5.92 Å². The molecular weight excluding hydrogens is 281 g/mol. The van der Waals surface area contributed by atoms with Crippen LogP contribution in [0.25, 0.3) is 0 Å². The second-order valence-corrected chi connectivity index (χ2v) is 4.10. The summed E-state index contributed by atoms with van der Waals surface area (Å²) in [5.74, 6) is -2.02. The molecule has 0 spiro atoms. The molecule has 0 aliphatic heterocycles. The van der Waals surface area contributed by atoms with E-state index in [1.165, 1.54) is 0 Å². The van der Waals surface area contributed by atoms with E-state index in [0.29, 0.717) is 19.4 Å². The molecule has 7 heteroatoms. The van der Waals surface area contributed by atoms with E-state index in [-0.39, 0.29) is 37.3 Å². The highest BCUT2D eigenvalue weighted by Crippen LogP contribution is 2.13. The summed E-state index contributed by atoms with van der Waals surface area (Å²) in [5.41, 5.74) is 0. The number of hydrogen-bond donors (Lipinski definition) is 2. The topological polar surface area (TPSA) is 77.8 Å². The minimum absolute atomic E-state index is 0. The van der Waals surface area contributed by atoms with Gasteiger partial charge in [-0.1, -0.05) is 19.8 Å². The SMILES string of the molecule is CCCCC(CCN(C)CC(=O)O)C(=O)O.Cl.Cl. The number of carboxylic acid groups (broad SMARTS) is 2. The Morgan fingerprint density at radius 1 is 1.17 bits per heavy atom. The molecule has 2 N–H and O–H groups in total. The van der Waals surface area contributed by atoms with Gasteiger partial charge in [-0.05, 0) is 26.4 Å². The van der Waals surface area contributed by atoms with Crippen molar-refractivity contribution < 1.29 is 19.8 Å². The van der Waals surface area contributed by atoms with E-state index in [4.69, 9.17) is 10.2 Å². The number of aliphatic carboxylic acids is 2. The lowest BCUT2D eigenvalue weighted by Crippen LogP contribution is -2.29. The smallest absolute Gasteiger partial charge is 0.317 e. The summed E-state index contributed by atoms with van der Waals surface area (Å²) >= 11 is 0. The Morgan fingerprint density at radius 2 is 1.72 bits per heavy atom. The largest absolute Gasteiger partial charge is 0.481 e. The first-order valence-electron chi connectivity index (χ1n) is 5.60. The predicted octanol–water partition coefficient (Wildman–Crippen LogP) is 2.13. The first-order valence-corrected chi connectivity index (χ1v) is 5.60. The number of nitrogens with zero attached hydrogens (tertiary/aromatic N) is 1. The van der Waals surface area contributed by atoms with Gasteiger partial charge >= 0.3 is 11.9 Å². The van der Waals surface area contributed by atoms with E-state index in [1.54, 1.807) is 11.9 Å². The van der Waals surface area contributed by atoms with Crippen molar-refractivity contribution in [3.8, 4) is 0 Å². The maximum absolute atomic E-state index is 10.9. The lowest BCUT2D eigenvalue weighted by Gasteiger charge is -2.17. The molecule has 0 bridgehead atoms. The first-order chi connectivity index (χ1) is 7.47. The molecule has 5 nitrogen and oxygen atoms in total. The molecule has 0 aromatic heterocycles. The lowest BCUT2D eigenvalue weighted by molar-refractivity contribution is -0.142. The fraction of sp³-hybridized carbons (Fsp3) is 0.818. The summed E-state index contributed by atoms with van der Waals surface area (Å²) in [6.07, 6.45) is 3.07. The van der Waals surface area contributed by atoms with Crippen LogP contribution in [0.5, 0.6) is 0 Å². The van der Waals surface area contributed by atoms with Gasteiger partial charge in [-0.2, -0.15) is 0 Å². The number of carbonyl (C=O) groups is 2. The van der Waals surface area contributed by atoms with Crippen molar-refractivity contribution in [2.75, 3.05) is 20.1 Å². The summed E-state index contributed by atoms with van der Waals surface area (Å²) in [6.45, 7) is 2.49. The van der Waals surface area contributed by atoms with E-state index in [1.807, 2.05) is 6.92 Å². The van der Waals surface area contributed by atoms with Crippen molar-refractivity contribution in [3.05, 3.63) is 0 Å². The Morgan fingerprint density at radius 3 is 2.11 bits per heavy atom. The van der Waals surface area contributed by atoms with Crippen LogP contribution in [0.1, 0.15) is 32.6 Å². The third-order valence-corrected chi connectivity index (χ3v) is 2.52. The van der Waals surface area contributed by atoms with Crippen LogP contribution < -0.4 is 0 Å². The Bertz CT molecular complexity index is 239. The fourth-order valence-electron chi connectivity index (χ4n) is 1.53. The van der Waals surface area contributed by atoms with Crippen LogP contribution in [0.15, 0.2) is 0 Å². The summed E-state index contributed by atoms with van der Waals surface area (Å²) < 4.78 is 0. The number of unbranched alkanes of at least 4 members (excludes halogenated alkanes) is 1. The van der Waals surface area contributed by atoms with Gasteiger partial charge in [0.05, 0.1) is 12.5 Å². The van der Waals surface area contributed by atoms with Crippen LogP contribution in [0.2, 0.25) is 0 Å². The second kappa shape index (κ2) is 12.9. The zero-order valence-electron chi connectivity index (χ0n) is 10.8. The van der Waals surface area contributed by atoms with E-state index in [2.05, 4.69) is 0 Å². The first kappa shape index (κ1) is 22.6. The molecule has 1 unspecified atom stereocenters. The molecule has 0 aromatic carbocycles. The number of hydrogen-bond acceptors (Lipinski definition) is 3. The summed E-state index contributed by atoms with van der Waals surface area (Å²) in [5, 5.41) is 17.5. The zero-order chi connectivity index (χ0) is 12.6. The number of carboxylic acids is 2. The molecule has 0 rings (SSSR count). The monoisotopic (exact) mass is 303 g/mol. The Balaban J connectivity index is -0.00000112. The number of rotatable bonds is 9. The third kappa shape index (κ3) is 12.0. The summed E-state index contributed by atoms with van der Waals surface area (Å²) in [6, 6.07) is 0. The normalized spacial score (nSPS) is 11.3. The molecular formula is C11H23Cl2NO4. The van der Waals surface area contributed by atoms with Gasteiger partial charge in [0.2, 0.25) is 0 Å². The van der Waals surface area contributed by atoms with Crippen LogP contribution in [-0.2, 0) is 9.59 Å². The quantitative estimate of drug-likeness (QED) is 0.682.